The summed E-state index contributed by atoms with van der Waals surface area (Å²) in [5.41, 5.74) is 3.94. The number of hydrogen-bond acceptors (Lipinski definition) is 4. The highest BCUT2D eigenvalue weighted by atomic mass is 32.1. The van der Waals surface area contributed by atoms with Crippen molar-refractivity contribution in [1.82, 2.24) is 15.6 Å². The first kappa shape index (κ1) is 16.0. The maximum Gasteiger partial charge on any atom is 0.315 e. The number of ether oxygens (including phenoxy) is 1. The minimum atomic E-state index is -0.128. The van der Waals surface area contributed by atoms with Gasteiger partial charge in [-0.25, -0.2) is 9.78 Å². The van der Waals surface area contributed by atoms with Gasteiger partial charge in [0.15, 0.2) is 0 Å². The number of carbonyl (C=O) groups is 1. The van der Waals surface area contributed by atoms with Crippen molar-refractivity contribution in [2.45, 2.75) is 38.5 Å². The lowest BCUT2D eigenvalue weighted by Crippen LogP contribution is -2.44. The summed E-state index contributed by atoms with van der Waals surface area (Å²) in [6, 6.07) is 10.2. The van der Waals surface area contributed by atoms with Gasteiger partial charge in [0.1, 0.15) is 0 Å². The molecule has 5 nitrogen and oxygen atoms in total. The van der Waals surface area contributed by atoms with Gasteiger partial charge < -0.3 is 15.4 Å². The summed E-state index contributed by atoms with van der Waals surface area (Å²) in [7, 11) is 0. The lowest BCUT2D eigenvalue weighted by atomic mass is 9.97. The van der Waals surface area contributed by atoms with E-state index in [4.69, 9.17) is 4.74 Å². The largest absolute Gasteiger partial charge is 0.373 e. The van der Waals surface area contributed by atoms with Crippen LogP contribution >= 0.6 is 11.3 Å². The molecule has 122 valence electrons. The van der Waals surface area contributed by atoms with Gasteiger partial charge in [-0.2, -0.15) is 0 Å². The molecule has 0 radical (unpaired) electrons. The molecule has 2 aromatic rings. The first-order chi connectivity index (χ1) is 11.2. The summed E-state index contributed by atoms with van der Waals surface area (Å²) >= 11 is 1.56. The molecule has 2 N–H and O–H groups in total. The molecule has 2 heterocycles. The van der Waals surface area contributed by atoms with E-state index in [-0.39, 0.29) is 18.2 Å². The molecular formula is C17H21N3O2S. The minimum absolute atomic E-state index is 0.0546. The molecule has 1 aromatic carbocycles. The van der Waals surface area contributed by atoms with E-state index in [1.165, 1.54) is 5.56 Å². The average molecular weight is 331 g/mol. The van der Waals surface area contributed by atoms with Crippen LogP contribution < -0.4 is 10.6 Å². The number of rotatable bonds is 4. The van der Waals surface area contributed by atoms with Gasteiger partial charge in [-0.05, 0) is 25.3 Å². The number of aryl methyl sites for hydroxylation is 1. The Balaban J connectivity index is 1.49. The van der Waals surface area contributed by atoms with Crippen molar-refractivity contribution < 1.29 is 9.53 Å². The highest BCUT2D eigenvalue weighted by Gasteiger charge is 2.24. The summed E-state index contributed by atoms with van der Waals surface area (Å²) in [4.78, 5) is 17.4. The van der Waals surface area contributed by atoms with E-state index in [0.29, 0.717) is 13.2 Å². The Morgan fingerprint density at radius 2 is 2.22 bits per heavy atom. The van der Waals surface area contributed by atoms with Crippen LogP contribution in [0, 0.1) is 6.92 Å². The summed E-state index contributed by atoms with van der Waals surface area (Å²) in [6.07, 6.45) is 1.70. The molecule has 3 rings (SSSR count). The van der Waals surface area contributed by atoms with E-state index in [1.807, 2.05) is 25.1 Å². The number of amides is 2. The number of hydrogen-bond donors (Lipinski definition) is 2. The number of urea groups is 1. The van der Waals surface area contributed by atoms with Gasteiger partial charge in [-0.3, -0.25) is 0 Å². The molecule has 2 atom stereocenters. The predicted molar refractivity (Wildman–Crippen MR) is 90.4 cm³/mol. The van der Waals surface area contributed by atoms with E-state index >= 15 is 0 Å². The third-order valence-electron chi connectivity index (χ3n) is 4.04. The van der Waals surface area contributed by atoms with Crippen molar-refractivity contribution in [3.05, 3.63) is 52.0 Å². The van der Waals surface area contributed by atoms with Gasteiger partial charge >= 0.3 is 6.03 Å². The summed E-state index contributed by atoms with van der Waals surface area (Å²) < 4.78 is 5.83. The van der Waals surface area contributed by atoms with Crippen molar-refractivity contribution in [2.24, 2.45) is 0 Å². The van der Waals surface area contributed by atoms with Crippen molar-refractivity contribution in [2.75, 3.05) is 6.61 Å². The average Bonchev–Trinajstić information content (AvgIpc) is 2.99. The fourth-order valence-electron chi connectivity index (χ4n) is 2.72. The summed E-state index contributed by atoms with van der Waals surface area (Å²) in [6.45, 7) is 3.14. The molecule has 0 bridgehead atoms. The van der Waals surface area contributed by atoms with Gasteiger partial charge in [-0.15, -0.1) is 11.3 Å². The Labute approximate surface area is 140 Å². The van der Waals surface area contributed by atoms with Crippen LogP contribution in [0.1, 0.15) is 35.1 Å². The zero-order valence-electron chi connectivity index (χ0n) is 13.1. The van der Waals surface area contributed by atoms with Gasteiger partial charge in [0.2, 0.25) is 0 Å². The molecule has 0 spiro atoms. The van der Waals surface area contributed by atoms with E-state index in [2.05, 4.69) is 27.8 Å². The molecule has 0 aliphatic carbocycles. The fourth-order valence-corrected chi connectivity index (χ4v) is 3.44. The second-order valence-electron chi connectivity index (χ2n) is 5.68. The van der Waals surface area contributed by atoms with E-state index in [0.717, 1.165) is 23.4 Å². The molecule has 1 aromatic heterocycles. The Hall–Kier alpha value is -1.92. The van der Waals surface area contributed by atoms with Crippen LogP contribution in [-0.4, -0.2) is 23.7 Å². The SMILES string of the molecule is Cc1ncsc1CNC(=O)N[C@@H]1CCO[C@H](c2ccccc2)C1. The van der Waals surface area contributed by atoms with E-state index in [9.17, 15) is 4.79 Å². The van der Waals surface area contributed by atoms with E-state index in [1.54, 1.807) is 16.8 Å². The fraction of sp³-hybridized carbons (Fsp3) is 0.412. The van der Waals surface area contributed by atoms with Crippen LogP contribution in [-0.2, 0) is 11.3 Å². The van der Waals surface area contributed by atoms with E-state index < -0.39 is 0 Å². The lowest BCUT2D eigenvalue weighted by Gasteiger charge is -2.30. The van der Waals surface area contributed by atoms with Gasteiger partial charge in [0.25, 0.3) is 0 Å². The zero-order chi connectivity index (χ0) is 16.1. The molecule has 1 fully saturated rings. The van der Waals surface area contributed by atoms with Crippen LogP contribution in [0.2, 0.25) is 0 Å². The molecular weight excluding hydrogens is 310 g/mol. The maximum absolute atomic E-state index is 12.1. The summed E-state index contributed by atoms with van der Waals surface area (Å²) in [5, 5.41) is 5.96. The normalized spacial score (nSPS) is 20.9. The van der Waals surface area contributed by atoms with Crippen LogP contribution in [0.3, 0.4) is 0 Å². The van der Waals surface area contributed by atoms with Gasteiger partial charge in [-0.1, -0.05) is 30.3 Å². The van der Waals surface area contributed by atoms with Crippen molar-refractivity contribution >= 4 is 17.4 Å². The number of aromatic nitrogens is 1. The zero-order valence-corrected chi connectivity index (χ0v) is 13.9. The second kappa shape index (κ2) is 7.57. The summed E-state index contributed by atoms with van der Waals surface area (Å²) in [5.74, 6) is 0. The first-order valence-electron chi connectivity index (χ1n) is 7.82. The minimum Gasteiger partial charge on any atom is -0.373 e. The predicted octanol–water partition coefficient (Wildman–Crippen LogP) is 3.17. The Morgan fingerprint density at radius 3 is 2.96 bits per heavy atom. The van der Waals surface area contributed by atoms with Crippen LogP contribution in [0.15, 0.2) is 35.8 Å². The van der Waals surface area contributed by atoms with Crippen LogP contribution in [0.25, 0.3) is 0 Å². The van der Waals surface area contributed by atoms with Crippen molar-refractivity contribution in [3.8, 4) is 0 Å². The quantitative estimate of drug-likeness (QED) is 0.904. The number of benzene rings is 1. The third kappa shape index (κ3) is 4.30. The molecule has 23 heavy (non-hydrogen) atoms. The number of carbonyl (C=O) groups excluding carboxylic acids is 1. The second-order valence-corrected chi connectivity index (χ2v) is 6.62. The molecule has 1 aliphatic heterocycles. The standard InChI is InChI=1S/C17H21N3O2S/c1-12-16(23-11-19-12)10-18-17(21)20-14-7-8-22-15(9-14)13-5-3-2-4-6-13/h2-6,11,14-15H,7-10H2,1H3,(H2,18,20,21)/t14-,15+/m1/s1. The maximum atomic E-state index is 12.1. The van der Waals surface area contributed by atoms with Crippen molar-refractivity contribution in [3.63, 3.8) is 0 Å². The van der Waals surface area contributed by atoms with Crippen molar-refractivity contribution in [1.29, 1.82) is 0 Å². The number of nitrogens with zero attached hydrogens (tertiary/aromatic N) is 1. The molecule has 6 heteroatoms. The Morgan fingerprint density at radius 1 is 1.39 bits per heavy atom. The van der Waals surface area contributed by atoms with Gasteiger partial charge in [0.05, 0.1) is 23.9 Å². The highest BCUT2D eigenvalue weighted by molar-refractivity contribution is 7.09. The number of thiazole rings is 1. The molecule has 2 amide bonds. The molecule has 1 saturated heterocycles. The molecule has 0 unspecified atom stereocenters. The Kier molecular flexibility index (Phi) is 5.25. The lowest BCUT2D eigenvalue weighted by molar-refractivity contribution is 0.00226. The van der Waals surface area contributed by atoms with Crippen LogP contribution in [0.5, 0.6) is 0 Å². The van der Waals surface area contributed by atoms with Gasteiger partial charge in [0, 0.05) is 17.5 Å². The smallest absolute Gasteiger partial charge is 0.315 e. The molecule has 1 aliphatic rings. The highest BCUT2D eigenvalue weighted by Crippen LogP contribution is 2.27. The monoisotopic (exact) mass is 331 g/mol. The number of nitrogens with one attached hydrogen (secondary N) is 2. The molecule has 0 saturated carbocycles. The third-order valence-corrected chi connectivity index (χ3v) is 4.98. The van der Waals surface area contributed by atoms with Crippen LogP contribution in [0.4, 0.5) is 4.79 Å². The first-order valence-corrected chi connectivity index (χ1v) is 8.70. The Bertz CT molecular complexity index is 644. The topological polar surface area (TPSA) is 63.2 Å².